The van der Waals surface area contributed by atoms with E-state index in [9.17, 15) is 5.11 Å². The molecule has 0 aromatic heterocycles. The van der Waals surface area contributed by atoms with Gasteiger partial charge in [0.2, 0.25) is 0 Å². The van der Waals surface area contributed by atoms with Crippen LogP contribution in [0.5, 0.6) is 0 Å². The zero-order valence-corrected chi connectivity index (χ0v) is 18.6. The van der Waals surface area contributed by atoms with Gasteiger partial charge in [0.1, 0.15) is 6.61 Å². The predicted octanol–water partition coefficient (Wildman–Crippen LogP) is 4.38. The van der Waals surface area contributed by atoms with Crippen molar-refractivity contribution in [2.45, 2.75) is 89.2 Å². The molecule has 0 amide bonds. The lowest BCUT2D eigenvalue weighted by molar-refractivity contribution is -0.154. The van der Waals surface area contributed by atoms with Gasteiger partial charge in [-0.2, -0.15) is 0 Å². The fourth-order valence-corrected chi connectivity index (χ4v) is 3.89. The van der Waals surface area contributed by atoms with Crippen LogP contribution in [0, 0.1) is 11.8 Å². The van der Waals surface area contributed by atoms with Crippen molar-refractivity contribution in [1.29, 1.82) is 0 Å². The molecule has 5 nitrogen and oxygen atoms in total. The normalized spacial score (nSPS) is 25.8. The molecule has 2 heterocycles. The summed E-state index contributed by atoms with van der Waals surface area (Å²) in [7, 11) is 0. The third-order valence-corrected chi connectivity index (χ3v) is 5.72. The van der Waals surface area contributed by atoms with Crippen LogP contribution >= 0.6 is 0 Å². The van der Waals surface area contributed by atoms with Gasteiger partial charge in [-0.15, -0.1) is 0 Å². The molecule has 170 valence electrons. The molecule has 0 bridgehead atoms. The molecule has 0 aliphatic carbocycles. The predicted molar refractivity (Wildman–Crippen MR) is 120 cm³/mol. The van der Waals surface area contributed by atoms with Gasteiger partial charge >= 0.3 is 0 Å². The summed E-state index contributed by atoms with van der Waals surface area (Å²) in [6.45, 7) is 3.77. The molecule has 1 aromatic carbocycles. The fourth-order valence-electron chi connectivity index (χ4n) is 3.89. The average Bonchev–Trinajstić information content (AvgIpc) is 3.07. The Balaban J connectivity index is 1.44. The van der Waals surface area contributed by atoms with Crippen molar-refractivity contribution in [1.82, 2.24) is 0 Å². The number of benzene rings is 1. The van der Waals surface area contributed by atoms with Gasteiger partial charge in [-0.05, 0) is 44.1 Å². The van der Waals surface area contributed by atoms with Crippen LogP contribution in [0.3, 0.4) is 0 Å². The molecule has 5 heteroatoms. The molecule has 2 aliphatic rings. The second-order valence-corrected chi connectivity index (χ2v) is 8.13. The molecule has 2 aliphatic heterocycles. The molecule has 1 N–H and O–H groups in total. The summed E-state index contributed by atoms with van der Waals surface area (Å²) in [6, 6.07) is 10.2. The van der Waals surface area contributed by atoms with Crippen molar-refractivity contribution >= 4 is 0 Å². The minimum atomic E-state index is -0.643. The Bertz CT molecular complexity index is 702. The van der Waals surface area contributed by atoms with E-state index < -0.39 is 6.10 Å². The lowest BCUT2D eigenvalue weighted by atomic mass is 10.1. The van der Waals surface area contributed by atoms with E-state index in [0.29, 0.717) is 26.1 Å². The molecule has 1 unspecified atom stereocenters. The first-order valence-corrected chi connectivity index (χ1v) is 11.6. The minimum absolute atomic E-state index is 0.0207. The van der Waals surface area contributed by atoms with Gasteiger partial charge in [0, 0.05) is 13.0 Å². The highest BCUT2D eigenvalue weighted by Crippen LogP contribution is 2.23. The smallest absolute Gasteiger partial charge is 0.158 e. The summed E-state index contributed by atoms with van der Waals surface area (Å²) >= 11 is 0. The van der Waals surface area contributed by atoms with E-state index in [1.807, 2.05) is 18.2 Å². The maximum Gasteiger partial charge on any atom is 0.158 e. The Morgan fingerprint density at radius 2 is 1.90 bits per heavy atom. The van der Waals surface area contributed by atoms with Crippen LogP contribution in [-0.4, -0.2) is 49.0 Å². The Morgan fingerprint density at radius 3 is 2.65 bits per heavy atom. The van der Waals surface area contributed by atoms with Crippen LogP contribution in [0.15, 0.2) is 42.5 Å². The molecule has 5 atom stereocenters. The fraction of sp³-hybridized carbons (Fsp3) is 0.615. The summed E-state index contributed by atoms with van der Waals surface area (Å²) in [5.41, 5.74) is 1.15. The summed E-state index contributed by atoms with van der Waals surface area (Å²) in [5.74, 6) is 6.02. The molecule has 1 saturated heterocycles. The molecule has 3 rings (SSSR count). The van der Waals surface area contributed by atoms with Crippen molar-refractivity contribution in [2.75, 3.05) is 13.2 Å². The van der Waals surface area contributed by atoms with Gasteiger partial charge in [-0.1, -0.05) is 61.2 Å². The van der Waals surface area contributed by atoms with Crippen LogP contribution < -0.4 is 0 Å². The number of ether oxygens (including phenoxy) is 4. The third-order valence-electron chi connectivity index (χ3n) is 5.72. The Hall–Kier alpha value is -1.68. The van der Waals surface area contributed by atoms with E-state index in [2.05, 4.69) is 43.0 Å². The van der Waals surface area contributed by atoms with Crippen molar-refractivity contribution in [3.63, 3.8) is 0 Å². The summed E-state index contributed by atoms with van der Waals surface area (Å²) < 4.78 is 23.6. The van der Waals surface area contributed by atoms with Gasteiger partial charge in [0.15, 0.2) is 6.29 Å². The van der Waals surface area contributed by atoms with Crippen LogP contribution in [-0.2, 0) is 25.6 Å². The lowest BCUT2D eigenvalue weighted by Gasteiger charge is -2.30. The molecule has 0 saturated carbocycles. The Morgan fingerprint density at radius 1 is 1.10 bits per heavy atom. The highest BCUT2D eigenvalue weighted by molar-refractivity contribution is 5.13. The number of hydrogen-bond donors (Lipinski definition) is 1. The maximum atomic E-state index is 10.7. The van der Waals surface area contributed by atoms with Crippen LogP contribution in [0.1, 0.15) is 57.4 Å². The largest absolute Gasteiger partial charge is 0.389 e. The molecular weight excluding hydrogens is 392 g/mol. The number of aliphatic hydroxyl groups excluding tert-OH is 1. The van der Waals surface area contributed by atoms with Crippen LogP contribution in [0.25, 0.3) is 0 Å². The molecule has 31 heavy (non-hydrogen) atoms. The number of hydrogen-bond acceptors (Lipinski definition) is 5. The second-order valence-electron chi connectivity index (χ2n) is 8.13. The van der Waals surface area contributed by atoms with Gasteiger partial charge in [0.05, 0.1) is 31.0 Å². The topological polar surface area (TPSA) is 57.2 Å². The zero-order chi connectivity index (χ0) is 21.7. The number of aliphatic hydroxyl groups is 1. The highest BCUT2D eigenvalue weighted by atomic mass is 16.7. The molecule has 1 fully saturated rings. The summed E-state index contributed by atoms with van der Waals surface area (Å²) in [6.07, 6.45) is 8.93. The maximum absolute atomic E-state index is 10.7. The van der Waals surface area contributed by atoms with Gasteiger partial charge < -0.3 is 24.1 Å². The van der Waals surface area contributed by atoms with Crippen molar-refractivity contribution < 1.29 is 24.1 Å². The number of rotatable bonds is 9. The van der Waals surface area contributed by atoms with Crippen LogP contribution in [0.2, 0.25) is 0 Å². The van der Waals surface area contributed by atoms with E-state index in [1.54, 1.807) is 0 Å². The zero-order valence-electron chi connectivity index (χ0n) is 18.6. The molecule has 1 aromatic rings. The van der Waals surface area contributed by atoms with E-state index >= 15 is 0 Å². The standard InChI is InChI=1S/C26H36O5/c1-2-23(30-20-21-12-4-3-5-13-21)25-16-7-6-15-24(31-25)22(27)14-8-10-18-28-26-17-9-11-19-29-26/h3-7,12-13,22-27H,2,9,11,14-20H2,1H3/t22-,23-,24+,25+,26?/m0/s1. The van der Waals surface area contributed by atoms with Gasteiger partial charge in [0.25, 0.3) is 0 Å². The third kappa shape index (κ3) is 8.40. The van der Waals surface area contributed by atoms with Crippen molar-refractivity contribution in [2.24, 2.45) is 0 Å². The van der Waals surface area contributed by atoms with Gasteiger partial charge in [-0.25, -0.2) is 0 Å². The Kier molecular flexibility index (Phi) is 10.6. The quantitative estimate of drug-likeness (QED) is 0.467. The second kappa shape index (κ2) is 13.7. The first kappa shape index (κ1) is 24.0. The summed E-state index contributed by atoms with van der Waals surface area (Å²) in [5, 5.41) is 10.7. The van der Waals surface area contributed by atoms with Crippen molar-refractivity contribution in [3.05, 3.63) is 48.0 Å². The molecule has 0 spiro atoms. The van der Waals surface area contributed by atoms with Crippen LogP contribution in [0.4, 0.5) is 0 Å². The lowest BCUT2D eigenvalue weighted by Crippen LogP contribution is -2.38. The van der Waals surface area contributed by atoms with E-state index in [4.69, 9.17) is 18.9 Å². The molecular formula is C26H36O5. The first-order chi connectivity index (χ1) is 15.3. The van der Waals surface area contributed by atoms with E-state index in [-0.39, 0.29) is 24.6 Å². The van der Waals surface area contributed by atoms with Crippen molar-refractivity contribution in [3.8, 4) is 11.8 Å². The average molecular weight is 429 g/mol. The Labute approximate surface area is 186 Å². The molecule has 0 radical (unpaired) electrons. The summed E-state index contributed by atoms with van der Waals surface area (Å²) in [4.78, 5) is 0. The van der Waals surface area contributed by atoms with E-state index in [1.165, 1.54) is 0 Å². The minimum Gasteiger partial charge on any atom is -0.389 e. The monoisotopic (exact) mass is 428 g/mol. The first-order valence-electron chi connectivity index (χ1n) is 11.6. The SMILES string of the molecule is CC[C@H](OCc1ccccc1)[C@H]1CC=CC[C@H]([C@@H](O)CC#CCOC2CCCCO2)O1. The highest BCUT2D eigenvalue weighted by Gasteiger charge is 2.29. The van der Waals surface area contributed by atoms with E-state index in [0.717, 1.165) is 44.3 Å². The van der Waals surface area contributed by atoms with Gasteiger partial charge in [-0.3, -0.25) is 0 Å².